The van der Waals surface area contributed by atoms with E-state index in [2.05, 4.69) is 10.6 Å². The molecule has 98 valence electrons. The maximum atomic E-state index is 5.56. The second-order valence-electron chi connectivity index (χ2n) is 3.16. The van der Waals surface area contributed by atoms with E-state index in [9.17, 15) is 0 Å². The Hall–Kier alpha value is 0.280. The zero-order chi connectivity index (χ0) is 11.1. The molecule has 0 bridgehead atoms. The van der Waals surface area contributed by atoms with Gasteiger partial charge in [-0.3, -0.25) is 0 Å². The fourth-order valence-corrected chi connectivity index (χ4v) is 0.897. The van der Waals surface area contributed by atoms with E-state index in [1.807, 2.05) is 13.8 Å². The molecule has 0 aromatic carbocycles. The van der Waals surface area contributed by atoms with Gasteiger partial charge < -0.3 is 22.1 Å². The second kappa shape index (κ2) is 11.8. The van der Waals surface area contributed by atoms with Crippen molar-refractivity contribution in [2.45, 2.75) is 25.9 Å². The van der Waals surface area contributed by atoms with Crippen molar-refractivity contribution in [2.75, 3.05) is 13.1 Å². The van der Waals surface area contributed by atoms with E-state index in [1.54, 1.807) is 0 Å². The lowest BCUT2D eigenvalue weighted by molar-refractivity contribution is 0.780. The third kappa shape index (κ3) is 10.8. The minimum absolute atomic E-state index is 0. The van der Waals surface area contributed by atoms with E-state index in [4.69, 9.17) is 35.9 Å². The fourth-order valence-electron chi connectivity index (χ4n) is 0.693. The molecule has 0 unspecified atom stereocenters. The fraction of sp³-hybridized carbons (Fsp3) is 0.750. The lowest BCUT2D eigenvalue weighted by Gasteiger charge is -2.13. The molecule has 0 heterocycles. The van der Waals surface area contributed by atoms with Crippen LogP contribution in [0, 0.1) is 0 Å². The Morgan fingerprint density at radius 2 is 1.19 bits per heavy atom. The van der Waals surface area contributed by atoms with Crippen molar-refractivity contribution < 1.29 is 0 Å². The molecule has 0 aromatic heterocycles. The van der Waals surface area contributed by atoms with E-state index in [1.165, 1.54) is 0 Å². The average Bonchev–Trinajstić information content (AvgIpc) is 2.11. The van der Waals surface area contributed by atoms with Crippen LogP contribution in [0.2, 0.25) is 0 Å². The summed E-state index contributed by atoms with van der Waals surface area (Å²) in [4.78, 5) is 1.33. The molecule has 0 rings (SSSR count). The van der Waals surface area contributed by atoms with Crippen LogP contribution >= 0.6 is 49.2 Å². The van der Waals surface area contributed by atoms with Crippen molar-refractivity contribution in [3.8, 4) is 0 Å². The van der Waals surface area contributed by atoms with Gasteiger partial charge >= 0.3 is 0 Å². The molecule has 0 aliphatic heterocycles. The first-order valence-electron chi connectivity index (χ1n) is 4.51. The number of rotatable bonds is 5. The highest BCUT2D eigenvalue weighted by Crippen LogP contribution is 1.80. The first-order valence-corrected chi connectivity index (χ1v) is 5.33. The van der Waals surface area contributed by atoms with Crippen LogP contribution in [0.4, 0.5) is 0 Å². The van der Waals surface area contributed by atoms with Gasteiger partial charge in [0.1, 0.15) is 0 Å². The quantitative estimate of drug-likeness (QED) is 0.434. The van der Waals surface area contributed by atoms with E-state index >= 15 is 0 Å². The van der Waals surface area contributed by atoms with Gasteiger partial charge in [-0.25, -0.2) is 0 Å². The summed E-state index contributed by atoms with van der Waals surface area (Å²) in [7, 11) is 0. The first kappa shape index (κ1) is 21.6. The smallest absolute Gasteiger partial charge is 0.0921 e. The number of thiocarbonyl (C=S) groups is 2. The van der Waals surface area contributed by atoms with Crippen LogP contribution in [-0.2, 0) is 0 Å². The van der Waals surface area contributed by atoms with Gasteiger partial charge in [0.05, 0.1) is 22.1 Å². The van der Waals surface area contributed by atoms with Gasteiger partial charge in [0.15, 0.2) is 0 Å². The average molecular weight is 307 g/mol. The highest BCUT2D eigenvalue weighted by Gasteiger charge is 2.02. The Labute approximate surface area is 120 Å². The van der Waals surface area contributed by atoms with Gasteiger partial charge in [-0.15, -0.1) is 24.8 Å². The summed E-state index contributed by atoms with van der Waals surface area (Å²) in [5.41, 5.74) is 11.1. The SMILES string of the molecule is C[C@H](N)C(=S)NCCNC(=S)[C@H](C)N.Cl.Cl. The van der Waals surface area contributed by atoms with Gasteiger partial charge in [-0.2, -0.15) is 0 Å². The number of hydrogen-bond acceptors (Lipinski definition) is 4. The maximum Gasteiger partial charge on any atom is 0.0921 e. The van der Waals surface area contributed by atoms with Crippen molar-refractivity contribution in [2.24, 2.45) is 11.5 Å². The summed E-state index contributed by atoms with van der Waals surface area (Å²) in [6.07, 6.45) is 0. The van der Waals surface area contributed by atoms with Crippen molar-refractivity contribution in [3.63, 3.8) is 0 Å². The third-order valence-corrected chi connectivity index (χ3v) is 2.58. The van der Waals surface area contributed by atoms with Gasteiger partial charge in [0, 0.05) is 13.1 Å². The van der Waals surface area contributed by atoms with Crippen LogP contribution in [-0.4, -0.2) is 35.2 Å². The Morgan fingerprint density at radius 1 is 0.938 bits per heavy atom. The lowest BCUT2D eigenvalue weighted by atomic mass is 10.3. The molecule has 0 spiro atoms. The molecule has 0 amide bonds. The zero-order valence-corrected chi connectivity index (χ0v) is 12.6. The standard InChI is InChI=1S/C8H18N4S2.2ClH/c1-5(9)7(13)11-3-4-12-8(14)6(2)10;;/h5-6H,3-4,9-10H2,1-2H3,(H,11,13)(H,12,14);2*1H/t5-,6-;;/m0../s1. The van der Waals surface area contributed by atoms with E-state index in [0.29, 0.717) is 23.1 Å². The molecule has 0 aliphatic carbocycles. The van der Waals surface area contributed by atoms with E-state index < -0.39 is 0 Å². The van der Waals surface area contributed by atoms with Gasteiger partial charge in [0.2, 0.25) is 0 Å². The van der Waals surface area contributed by atoms with Crippen LogP contribution < -0.4 is 22.1 Å². The molecule has 8 heteroatoms. The minimum atomic E-state index is -0.106. The molecule has 0 saturated heterocycles. The normalized spacial score (nSPS) is 12.5. The van der Waals surface area contributed by atoms with Gasteiger partial charge in [-0.05, 0) is 13.8 Å². The van der Waals surface area contributed by atoms with Gasteiger partial charge in [0.25, 0.3) is 0 Å². The Kier molecular flexibility index (Phi) is 15.8. The molecule has 0 saturated carbocycles. The second-order valence-corrected chi connectivity index (χ2v) is 4.04. The van der Waals surface area contributed by atoms with Crippen molar-refractivity contribution in [1.82, 2.24) is 10.6 Å². The van der Waals surface area contributed by atoms with Crippen LogP contribution in [0.3, 0.4) is 0 Å². The van der Waals surface area contributed by atoms with Crippen LogP contribution in [0.1, 0.15) is 13.8 Å². The summed E-state index contributed by atoms with van der Waals surface area (Å²) in [6, 6.07) is -0.212. The van der Waals surface area contributed by atoms with Crippen molar-refractivity contribution >= 4 is 59.2 Å². The Bertz CT molecular complexity index is 190. The molecular weight excluding hydrogens is 287 g/mol. The van der Waals surface area contributed by atoms with Crippen LogP contribution in [0.15, 0.2) is 0 Å². The summed E-state index contributed by atoms with van der Waals surface area (Å²) in [6.45, 7) is 5.09. The van der Waals surface area contributed by atoms with Crippen LogP contribution in [0.25, 0.3) is 0 Å². The number of hydrogen-bond donors (Lipinski definition) is 4. The number of halogens is 2. The molecular formula is C8H20Cl2N4S2. The molecule has 16 heavy (non-hydrogen) atoms. The Balaban J connectivity index is -0.000000845. The maximum absolute atomic E-state index is 5.56. The van der Waals surface area contributed by atoms with Crippen molar-refractivity contribution in [3.05, 3.63) is 0 Å². The highest BCUT2D eigenvalue weighted by molar-refractivity contribution is 7.80. The monoisotopic (exact) mass is 306 g/mol. The molecule has 6 N–H and O–H groups in total. The summed E-state index contributed by atoms with van der Waals surface area (Å²) < 4.78 is 0. The summed E-state index contributed by atoms with van der Waals surface area (Å²) in [5.74, 6) is 0. The molecule has 0 aromatic rings. The first-order chi connectivity index (χ1) is 6.45. The van der Waals surface area contributed by atoms with Gasteiger partial charge in [-0.1, -0.05) is 24.4 Å². The van der Waals surface area contributed by atoms with E-state index in [-0.39, 0.29) is 36.9 Å². The molecule has 0 fully saturated rings. The molecule has 4 nitrogen and oxygen atoms in total. The largest absolute Gasteiger partial charge is 0.377 e. The summed E-state index contributed by atoms with van der Waals surface area (Å²) >= 11 is 9.97. The highest BCUT2D eigenvalue weighted by atomic mass is 35.5. The van der Waals surface area contributed by atoms with E-state index in [0.717, 1.165) is 0 Å². The molecule has 0 radical (unpaired) electrons. The minimum Gasteiger partial charge on any atom is -0.377 e. The summed E-state index contributed by atoms with van der Waals surface area (Å²) in [5, 5.41) is 6.04. The predicted octanol–water partition coefficient (Wildman–Crippen LogP) is 0.358. The molecule has 2 atom stereocenters. The zero-order valence-electron chi connectivity index (χ0n) is 9.36. The number of nitrogens with two attached hydrogens (primary N) is 2. The number of nitrogens with one attached hydrogen (secondary N) is 2. The predicted molar refractivity (Wildman–Crippen MR) is 83.0 cm³/mol. The third-order valence-electron chi connectivity index (χ3n) is 1.55. The molecule has 0 aliphatic rings. The van der Waals surface area contributed by atoms with Crippen molar-refractivity contribution in [1.29, 1.82) is 0 Å². The van der Waals surface area contributed by atoms with Crippen LogP contribution in [0.5, 0.6) is 0 Å². The Morgan fingerprint density at radius 3 is 1.38 bits per heavy atom. The topological polar surface area (TPSA) is 76.1 Å². The lowest BCUT2D eigenvalue weighted by Crippen LogP contribution is -2.43.